The van der Waals surface area contributed by atoms with Crippen LogP contribution in [-0.2, 0) is 9.53 Å². The summed E-state index contributed by atoms with van der Waals surface area (Å²) in [5, 5.41) is 0. The summed E-state index contributed by atoms with van der Waals surface area (Å²) in [6.45, 7) is 8.63. The third-order valence-electron chi connectivity index (χ3n) is 4.48. The van der Waals surface area contributed by atoms with Crippen LogP contribution in [0.3, 0.4) is 0 Å². The monoisotopic (exact) mass is 388 g/mol. The van der Waals surface area contributed by atoms with E-state index in [1.165, 1.54) is 64.2 Å². The maximum absolute atomic E-state index is 12.2. The first-order chi connectivity index (χ1) is 12.0. The van der Waals surface area contributed by atoms with Gasteiger partial charge in [-0.3, -0.25) is 4.79 Å². The van der Waals surface area contributed by atoms with Crippen LogP contribution in [0.25, 0.3) is 0 Å². The van der Waals surface area contributed by atoms with E-state index >= 15 is 0 Å². The molecule has 0 saturated carbocycles. The fourth-order valence-electron chi connectivity index (χ4n) is 2.51. The van der Waals surface area contributed by atoms with E-state index in [1.807, 2.05) is 13.8 Å². The molecule has 0 atom stereocenters. The molecule has 0 heterocycles. The molecule has 0 amide bonds. The van der Waals surface area contributed by atoms with Crippen molar-refractivity contribution in [2.75, 3.05) is 12.4 Å². The highest BCUT2D eigenvalue weighted by molar-refractivity contribution is 8.23. The van der Waals surface area contributed by atoms with Gasteiger partial charge in [0.2, 0.25) is 0 Å². The molecule has 0 unspecified atom stereocenters. The molecule has 0 fully saturated rings. The third kappa shape index (κ3) is 12.8. The molecule has 0 radical (unpaired) electrons. The van der Waals surface area contributed by atoms with Crippen LogP contribution in [0, 0.1) is 5.41 Å². The Bertz CT molecular complexity index is 354. The summed E-state index contributed by atoms with van der Waals surface area (Å²) in [4.78, 5) is 12.2. The lowest BCUT2D eigenvalue weighted by Gasteiger charge is -2.23. The van der Waals surface area contributed by atoms with Crippen LogP contribution in [0.4, 0.5) is 0 Å². The molecule has 0 aromatic carbocycles. The quantitative estimate of drug-likeness (QED) is 0.157. The summed E-state index contributed by atoms with van der Waals surface area (Å²) in [7, 11) is 0. The van der Waals surface area contributed by atoms with Gasteiger partial charge in [-0.15, -0.1) is 11.8 Å². The maximum Gasteiger partial charge on any atom is 0.317 e. The highest BCUT2D eigenvalue weighted by Crippen LogP contribution is 2.28. The highest BCUT2D eigenvalue weighted by atomic mass is 32.2. The van der Waals surface area contributed by atoms with Crippen LogP contribution in [0.5, 0.6) is 0 Å². The molecule has 0 aliphatic rings. The molecule has 0 aromatic rings. The second kappa shape index (κ2) is 16.1. The van der Waals surface area contributed by atoms with Gasteiger partial charge in [0.15, 0.2) is 0 Å². The number of thiocarbonyl (C=S) groups is 1. The number of esters is 1. The summed E-state index contributed by atoms with van der Waals surface area (Å²) in [6, 6.07) is 0. The zero-order chi connectivity index (χ0) is 19.0. The van der Waals surface area contributed by atoms with E-state index < -0.39 is 5.41 Å². The second-order valence-electron chi connectivity index (χ2n) is 7.43. The Morgan fingerprint density at radius 3 is 1.84 bits per heavy atom. The zero-order valence-electron chi connectivity index (χ0n) is 17.0. The Hall–Kier alpha value is -0.0900. The number of hydrogen-bond donors (Lipinski definition) is 0. The number of ether oxygens (including phenoxy) is 1. The molecule has 0 spiro atoms. The Labute approximate surface area is 166 Å². The second-order valence-corrected chi connectivity index (χ2v) is 9.20. The van der Waals surface area contributed by atoms with Gasteiger partial charge in [0.05, 0.1) is 10.8 Å². The summed E-state index contributed by atoms with van der Waals surface area (Å²) in [6.07, 6.45) is 15.4. The molecule has 0 N–H and O–H groups in total. The molecule has 25 heavy (non-hydrogen) atoms. The molecule has 4 heteroatoms. The van der Waals surface area contributed by atoms with Crippen molar-refractivity contribution in [1.29, 1.82) is 0 Å². The van der Waals surface area contributed by atoms with Crippen LogP contribution in [0.1, 0.15) is 105 Å². The average molecular weight is 389 g/mol. The summed E-state index contributed by atoms with van der Waals surface area (Å²) >= 11 is 7.14. The Morgan fingerprint density at radius 2 is 1.32 bits per heavy atom. The Morgan fingerprint density at radius 1 is 0.840 bits per heavy atom. The van der Waals surface area contributed by atoms with Crippen LogP contribution in [-0.4, -0.2) is 22.5 Å². The van der Waals surface area contributed by atoms with E-state index in [2.05, 4.69) is 13.8 Å². The summed E-state index contributed by atoms with van der Waals surface area (Å²) in [5.41, 5.74) is -0.660. The lowest BCUT2D eigenvalue weighted by Crippen LogP contribution is -2.32. The van der Waals surface area contributed by atoms with Gasteiger partial charge >= 0.3 is 5.97 Å². The number of rotatable bonds is 16. The van der Waals surface area contributed by atoms with Crippen LogP contribution in [0.2, 0.25) is 0 Å². The average Bonchev–Trinajstić information content (AvgIpc) is 2.59. The van der Waals surface area contributed by atoms with E-state index in [-0.39, 0.29) is 5.97 Å². The predicted molar refractivity (Wildman–Crippen MR) is 117 cm³/mol. The number of hydrogen-bond acceptors (Lipinski definition) is 4. The highest BCUT2D eigenvalue weighted by Gasteiger charge is 2.34. The molecule has 0 aliphatic heterocycles. The standard InChI is InChI=1S/C21H40O2S2/c1-5-7-9-10-11-12-13-14-15-16-18-25-20(24)21(3,4)19(22)23-17-8-6-2/h5-18H2,1-4H3. The van der Waals surface area contributed by atoms with Crippen molar-refractivity contribution >= 4 is 34.1 Å². The van der Waals surface area contributed by atoms with E-state index in [0.717, 1.165) is 22.8 Å². The topological polar surface area (TPSA) is 26.3 Å². The van der Waals surface area contributed by atoms with Gasteiger partial charge in [-0.2, -0.15) is 0 Å². The first kappa shape index (κ1) is 24.9. The molecule has 0 bridgehead atoms. The molecule has 0 aromatic heterocycles. The van der Waals surface area contributed by atoms with Crippen molar-refractivity contribution in [2.45, 2.75) is 105 Å². The maximum atomic E-state index is 12.2. The fourth-order valence-corrected chi connectivity index (χ4v) is 3.82. The van der Waals surface area contributed by atoms with Crippen LogP contribution in [0.15, 0.2) is 0 Å². The first-order valence-electron chi connectivity index (χ1n) is 10.3. The van der Waals surface area contributed by atoms with Gasteiger partial charge in [0, 0.05) is 0 Å². The number of thioether (sulfide) groups is 1. The van der Waals surface area contributed by atoms with E-state index in [1.54, 1.807) is 11.8 Å². The minimum absolute atomic E-state index is 0.179. The SMILES string of the molecule is CCCCCCCCCCCCSC(=S)C(C)(C)C(=O)OCCCC. The van der Waals surface area contributed by atoms with Crippen molar-refractivity contribution in [3.8, 4) is 0 Å². The first-order valence-corrected chi connectivity index (χ1v) is 11.7. The van der Waals surface area contributed by atoms with Gasteiger partial charge in [-0.1, -0.05) is 90.3 Å². The molecular weight excluding hydrogens is 348 g/mol. The molecular formula is C21H40O2S2. The number of carbonyl (C=O) groups excluding carboxylic acids is 1. The summed E-state index contributed by atoms with van der Waals surface area (Å²) in [5.74, 6) is 0.836. The minimum atomic E-state index is -0.660. The van der Waals surface area contributed by atoms with Gasteiger partial charge in [0.25, 0.3) is 0 Å². The van der Waals surface area contributed by atoms with Gasteiger partial charge in [-0.05, 0) is 32.4 Å². The van der Waals surface area contributed by atoms with E-state index in [9.17, 15) is 4.79 Å². The van der Waals surface area contributed by atoms with Crippen LogP contribution < -0.4 is 0 Å². The van der Waals surface area contributed by atoms with Crippen LogP contribution >= 0.6 is 24.0 Å². The lowest BCUT2D eigenvalue weighted by molar-refractivity contribution is -0.150. The predicted octanol–water partition coefficient (Wildman–Crippen LogP) is 7.34. The fraction of sp³-hybridized carbons (Fsp3) is 0.905. The smallest absolute Gasteiger partial charge is 0.317 e. The van der Waals surface area contributed by atoms with E-state index in [0.29, 0.717) is 6.61 Å². The molecule has 2 nitrogen and oxygen atoms in total. The van der Waals surface area contributed by atoms with E-state index in [4.69, 9.17) is 17.0 Å². The Kier molecular flexibility index (Phi) is 16.1. The largest absolute Gasteiger partial charge is 0.465 e. The van der Waals surface area contributed by atoms with Crippen molar-refractivity contribution in [2.24, 2.45) is 5.41 Å². The molecule has 0 aliphatic carbocycles. The molecule has 0 rings (SSSR count). The van der Waals surface area contributed by atoms with Gasteiger partial charge in [-0.25, -0.2) is 0 Å². The molecule has 148 valence electrons. The zero-order valence-corrected chi connectivity index (χ0v) is 18.7. The normalized spacial score (nSPS) is 11.5. The Balaban J connectivity index is 3.66. The minimum Gasteiger partial charge on any atom is -0.465 e. The number of carbonyl (C=O) groups is 1. The summed E-state index contributed by atoms with van der Waals surface area (Å²) < 4.78 is 6.10. The van der Waals surface area contributed by atoms with Crippen molar-refractivity contribution in [3.63, 3.8) is 0 Å². The van der Waals surface area contributed by atoms with Crippen molar-refractivity contribution in [1.82, 2.24) is 0 Å². The van der Waals surface area contributed by atoms with Gasteiger partial charge < -0.3 is 4.74 Å². The molecule has 0 saturated heterocycles. The number of unbranched alkanes of at least 4 members (excludes halogenated alkanes) is 10. The van der Waals surface area contributed by atoms with Crippen molar-refractivity contribution in [3.05, 3.63) is 0 Å². The van der Waals surface area contributed by atoms with Crippen molar-refractivity contribution < 1.29 is 9.53 Å². The van der Waals surface area contributed by atoms with Gasteiger partial charge in [0.1, 0.15) is 5.41 Å². The lowest BCUT2D eigenvalue weighted by atomic mass is 9.97. The third-order valence-corrected chi connectivity index (χ3v) is 6.61.